The Bertz CT molecular complexity index is 1730. The second-order valence-electron chi connectivity index (χ2n) is 23.3. The van der Waals surface area contributed by atoms with Gasteiger partial charge in [0.15, 0.2) is 0 Å². The number of nitrogens with zero attached hydrogens (tertiary/aromatic N) is 4. The topological polar surface area (TPSA) is 56.4 Å². The molecule has 0 saturated carbocycles. The van der Waals surface area contributed by atoms with Crippen LogP contribution in [0.5, 0.6) is 0 Å². The third-order valence-corrected chi connectivity index (χ3v) is 12.7. The van der Waals surface area contributed by atoms with Gasteiger partial charge in [-0.2, -0.15) is 22.8 Å². The van der Waals surface area contributed by atoms with E-state index in [9.17, 15) is 0 Å². The first-order chi connectivity index (χ1) is 29.1. The molecule has 0 heterocycles. The Balaban J connectivity index is 0.000000836. The molecule has 4 rings (SSSR count). The number of rotatable bonds is 8. The van der Waals surface area contributed by atoms with Gasteiger partial charge in [-0.05, 0) is 105 Å². The van der Waals surface area contributed by atoms with Crippen molar-refractivity contribution in [3.05, 3.63) is 160 Å². The average Bonchev–Trinajstić information content (AvgIpc) is 3.93. The zero-order valence-corrected chi connectivity index (χ0v) is 49.7. The van der Waals surface area contributed by atoms with Gasteiger partial charge in [0.25, 0.3) is 0 Å². The SMILES string of the molecule is C[N-]C(=C(C)C)C1C(C)=CC=C1C(C)(C)C.C[N-]C(=C(C)C)C1C(C)=CC=C1C(C)(C)C.C[N-]C(=C(C)C)C1C(C)=CC=C1C(C)(C)C.C[N-]C(=C(C)C)C1C(C)=CC=C1C(C)(C)C.[Zr+4]. The normalized spacial score (nSPS) is 20.0. The van der Waals surface area contributed by atoms with E-state index in [0.29, 0.717) is 23.7 Å². The number of hydrogen-bond acceptors (Lipinski definition) is 0. The molecule has 0 amide bonds. The van der Waals surface area contributed by atoms with Crippen molar-refractivity contribution in [3.8, 4) is 0 Å². The van der Waals surface area contributed by atoms with E-state index in [1.165, 1.54) is 89.7 Å². The van der Waals surface area contributed by atoms with E-state index in [1.54, 1.807) is 0 Å². The van der Waals surface area contributed by atoms with E-state index in [-0.39, 0.29) is 47.9 Å². The number of hydrogen-bond donors (Lipinski definition) is 0. The summed E-state index contributed by atoms with van der Waals surface area (Å²) < 4.78 is 0. The molecular weight excluding hydrogens is 868 g/mol. The van der Waals surface area contributed by atoms with Crippen LogP contribution in [0.3, 0.4) is 0 Å². The smallest absolute Gasteiger partial charge is 0.690 e. The van der Waals surface area contributed by atoms with Gasteiger partial charge in [-0.15, -0.1) is 28.2 Å². The van der Waals surface area contributed by atoms with Gasteiger partial charge in [0.2, 0.25) is 0 Å². The van der Waals surface area contributed by atoms with Crippen LogP contribution in [0.1, 0.15) is 166 Å². The van der Waals surface area contributed by atoms with E-state index >= 15 is 0 Å². The molecule has 0 aromatic carbocycles. The fourth-order valence-corrected chi connectivity index (χ4v) is 9.39. The molecule has 65 heavy (non-hydrogen) atoms. The van der Waals surface area contributed by atoms with Crippen molar-refractivity contribution in [1.82, 2.24) is 0 Å². The summed E-state index contributed by atoms with van der Waals surface area (Å²) in [4.78, 5) is 0. The van der Waals surface area contributed by atoms with Crippen LogP contribution in [-0.4, -0.2) is 28.2 Å². The summed E-state index contributed by atoms with van der Waals surface area (Å²) in [6.45, 7) is 53.3. The van der Waals surface area contributed by atoms with Crippen molar-refractivity contribution >= 4 is 0 Å². The van der Waals surface area contributed by atoms with Crippen molar-refractivity contribution in [2.45, 2.75) is 166 Å². The van der Waals surface area contributed by atoms with E-state index in [2.05, 4.69) is 236 Å². The quantitative estimate of drug-likeness (QED) is 0.233. The van der Waals surface area contributed by atoms with Crippen molar-refractivity contribution in [2.24, 2.45) is 45.3 Å². The molecular formula is C60H96N4Zr. The molecule has 0 saturated heterocycles. The minimum atomic E-state index is 0. The Morgan fingerprint density at radius 3 is 0.538 bits per heavy atom. The summed E-state index contributed by atoms with van der Waals surface area (Å²) in [5, 5.41) is 17.9. The van der Waals surface area contributed by atoms with Crippen LogP contribution in [0.15, 0.2) is 138 Å². The van der Waals surface area contributed by atoms with Crippen molar-refractivity contribution in [1.29, 1.82) is 0 Å². The monoisotopic (exact) mass is 963 g/mol. The van der Waals surface area contributed by atoms with Crippen molar-refractivity contribution in [2.75, 3.05) is 28.2 Å². The van der Waals surface area contributed by atoms with E-state index in [4.69, 9.17) is 0 Å². The Hall–Kier alpha value is -3.04. The maximum absolute atomic E-state index is 4.48. The second-order valence-corrected chi connectivity index (χ2v) is 23.3. The molecule has 0 aromatic heterocycles. The van der Waals surface area contributed by atoms with E-state index in [1.807, 2.05) is 28.2 Å². The summed E-state index contributed by atoms with van der Waals surface area (Å²) in [5.41, 5.74) is 22.6. The molecule has 4 atom stereocenters. The molecule has 360 valence electrons. The predicted molar refractivity (Wildman–Crippen MR) is 290 cm³/mol. The summed E-state index contributed by atoms with van der Waals surface area (Å²) in [6.07, 6.45) is 18.0. The standard InChI is InChI=1S/4C15H24N.Zr/c4*1-10(2)14(16-7)13-11(3)8-9-12(13)15(4,5)6;/h4*8-9,13H,1-7H3;/q4*-1;+4. The Labute approximate surface area is 422 Å². The molecule has 0 fully saturated rings. The zero-order chi connectivity index (χ0) is 50.0. The van der Waals surface area contributed by atoms with Crippen molar-refractivity contribution in [3.63, 3.8) is 0 Å². The third-order valence-electron chi connectivity index (χ3n) is 12.7. The maximum atomic E-state index is 4.48. The fourth-order valence-electron chi connectivity index (χ4n) is 9.39. The summed E-state index contributed by atoms with van der Waals surface area (Å²) in [6, 6.07) is 0. The second kappa shape index (κ2) is 25.4. The molecule has 0 aliphatic heterocycles. The van der Waals surface area contributed by atoms with Crippen LogP contribution in [0.25, 0.3) is 21.3 Å². The van der Waals surface area contributed by atoms with Crippen LogP contribution >= 0.6 is 0 Å². The molecule has 0 aromatic rings. The van der Waals surface area contributed by atoms with Gasteiger partial charge >= 0.3 is 26.2 Å². The summed E-state index contributed by atoms with van der Waals surface area (Å²) in [7, 11) is 7.59. The van der Waals surface area contributed by atoms with Gasteiger partial charge in [-0.3, -0.25) is 0 Å². The maximum Gasteiger partial charge on any atom is 4.00 e. The van der Waals surface area contributed by atoms with Gasteiger partial charge in [0.1, 0.15) is 0 Å². The summed E-state index contributed by atoms with van der Waals surface area (Å²) >= 11 is 0. The Kier molecular flexibility index (Phi) is 24.2. The first-order valence-corrected chi connectivity index (χ1v) is 23.8. The van der Waals surface area contributed by atoms with Gasteiger partial charge < -0.3 is 21.3 Å². The summed E-state index contributed by atoms with van der Waals surface area (Å²) in [5.74, 6) is 1.59. The van der Waals surface area contributed by atoms with Gasteiger partial charge in [-0.1, -0.05) is 199 Å². The molecule has 0 N–H and O–H groups in total. The van der Waals surface area contributed by atoms with Crippen LogP contribution in [0.4, 0.5) is 0 Å². The third kappa shape index (κ3) is 16.6. The Morgan fingerprint density at radius 1 is 0.308 bits per heavy atom. The fraction of sp³-hybridized carbons (Fsp3) is 0.600. The molecule has 4 unspecified atom stereocenters. The molecule has 0 spiro atoms. The van der Waals surface area contributed by atoms with Crippen molar-refractivity contribution < 1.29 is 26.2 Å². The average molecular weight is 965 g/mol. The van der Waals surface area contributed by atoms with E-state index in [0.717, 1.165) is 0 Å². The van der Waals surface area contributed by atoms with Gasteiger partial charge in [0, 0.05) is 23.7 Å². The Morgan fingerprint density at radius 2 is 0.446 bits per heavy atom. The molecule has 0 radical (unpaired) electrons. The number of allylic oxidation sites excluding steroid dienone is 16. The molecule has 4 aliphatic rings. The first kappa shape index (κ1) is 62.0. The molecule has 5 heteroatoms. The van der Waals surface area contributed by atoms with Gasteiger partial charge in [0.05, 0.1) is 0 Å². The molecule has 4 nitrogen and oxygen atoms in total. The molecule has 0 bridgehead atoms. The first-order valence-electron chi connectivity index (χ1n) is 23.8. The largest absolute Gasteiger partial charge is 4.00 e. The molecule has 4 aliphatic carbocycles. The van der Waals surface area contributed by atoms with Crippen LogP contribution < -0.4 is 0 Å². The zero-order valence-electron chi connectivity index (χ0n) is 47.2. The van der Waals surface area contributed by atoms with Crippen LogP contribution in [0.2, 0.25) is 0 Å². The van der Waals surface area contributed by atoms with Gasteiger partial charge in [-0.25, -0.2) is 0 Å². The van der Waals surface area contributed by atoms with Crippen LogP contribution in [0, 0.1) is 45.3 Å². The predicted octanol–water partition coefficient (Wildman–Crippen LogP) is 19.3. The minimum absolute atomic E-state index is 0. The van der Waals surface area contributed by atoms with E-state index < -0.39 is 0 Å². The minimum Gasteiger partial charge on any atom is -0.690 e. The van der Waals surface area contributed by atoms with Crippen LogP contribution in [-0.2, 0) is 26.2 Å².